The first-order valence-corrected chi connectivity index (χ1v) is 9.04. The van der Waals surface area contributed by atoms with Gasteiger partial charge in [0.2, 0.25) is 0 Å². The number of methoxy groups -OCH3 is 2. The van der Waals surface area contributed by atoms with Crippen LogP contribution >= 0.6 is 11.3 Å². The molecule has 0 fully saturated rings. The lowest BCUT2D eigenvalue weighted by Gasteiger charge is -2.11. The molecule has 1 aromatic carbocycles. The summed E-state index contributed by atoms with van der Waals surface area (Å²) in [4.78, 5) is 9.17. The van der Waals surface area contributed by atoms with E-state index in [0.29, 0.717) is 12.6 Å². The highest BCUT2D eigenvalue weighted by atomic mass is 32.1. The molecule has 0 spiro atoms. The highest BCUT2D eigenvalue weighted by molar-refractivity contribution is 7.13. The zero-order chi connectivity index (χ0) is 18.2. The fraction of sp³-hybridized carbons (Fsp3) is 0.368. The largest absolute Gasteiger partial charge is 0.497 e. The van der Waals surface area contributed by atoms with Gasteiger partial charge < -0.3 is 14.8 Å². The van der Waals surface area contributed by atoms with Crippen molar-refractivity contribution in [1.82, 2.24) is 4.98 Å². The van der Waals surface area contributed by atoms with Crippen LogP contribution in [0.4, 0.5) is 10.8 Å². The molecule has 6 heteroatoms. The molecule has 0 amide bonds. The molecule has 0 aliphatic carbocycles. The summed E-state index contributed by atoms with van der Waals surface area (Å²) in [6, 6.07) is 6.21. The molecule has 134 valence electrons. The highest BCUT2D eigenvalue weighted by Crippen LogP contribution is 2.31. The minimum absolute atomic E-state index is 0.354. The lowest BCUT2D eigenvalue weighted by atomic mass is 10.0. The number of nitrogens with zero attached hydrogens (tertiary/aromatic N) is 2. The number of nitrogens with one attached hydrogen (secondary N) is 1. The van der Waals surface area contributed by atoms with Crippen LogP contribution in [-0.2, 0) is 4.74 Å². The van der Waals surface area contributed by atoms with Crippen LogP contribution in [0.3, 0.4) is 0 Å². The lowest BCUT2D eigenvalue weighted by Crippen LogP contribution is -2.09. The van der Waals surface area contributed by atoms with E-state index in [1.807, 2.05) is 36.6 Å². The Kier molecular flexibility index (Phi) is 7.16. The molecule has 0 saturated carbocycles. The zero-order valence-electron chi connectivity index (χ0n) is 15.4. The van der Waals surface area contributed by atoms with Gasteiger partial charge in [0.15, 0.2) is 5.13 Å². The maximum Gasteiger partial charge on any atom is 0.183 e. The lowest BCUT2D eigenvalue weighted by molar-refractivity contribution is 0.239. The number of aromatic nitrogens is 1. The van der Waals surface area contributed by atoms with E-state index in [0.717, 1.165) is 33.4 Å². The number of anilines is 1. The Labute approximate surface area is 153 Å². The van der Waals surface area contributed by atoms with Crippen LogP contribution in [0.25, 0.3) is 5.57 Å². The third-order valence-electron chi connectivity index (χ3n) is 3.47. The number of benzene rings is 1. The van der Waals surface area contributed by atoms with Crippen LogP contribution in [0.2, 0.25) is 0 Å². The number of aliphatic imine (C=N–C) groups is 1. The van der Waals surface area contributed by atoms with Crippen molar-refractivity contribution in [3.63, 3.8) is 0 Å². The minimum atomic E-state index is 0.354. The number of thiazole rings is 1. The average molecular weight is 359 g/mol. The molecule has 0 saturated heterocycles. The Morgan fingerprint density at radius 3 is 2.80 bits per heavy atom. The molecular formula is C19H25N3O2S. The third kappa shape index (κ3) is 5.41. The Morgan fingerprint density at radius 2 is 2.16 bits per heavy atom. The van der Waals surface area contributed by atoms with Gasteiger partial charge in [0, 0.05) is 30.2 Å². The van der Waals surface area contributed by atoms with Gasteiger partial charge in [0.05, 0.1) is 31.3 Å². The first-order valence-electron chi connectivity index (χ1n) is 8.16. The molecule has 0 radical (unpaired) electrons. The van der Waals surface area contributed by atoms with E-state index in [-0.39, 0.29) is 0 Å². The summed E-state index contributed by atoms with van der Waals surface area (Å²) in [6.07, 6.45) is 3.82. The molecule has 0 aliphatic heterocycles. The second-order valence-corrected chi connectivity index (χ2v) is 6.62. The fourth-order valence-electron chi connectivity index (χ4n) is 2.28. The van der Waals surface area contributed by atoms with Crippen molar-refractivity contribution >= 4 is 33.9 Å². The summed E-state index contributed by atoms with van der Waals surface area (Å²) < 4.78 is 10.6. The summed E-state index contributed by atoms with van der Waals surface area (Å²) >= 11 is 1.57. The number of ether oxygens (including phenoxy) is 2. The molecule has 1 N–H and O–H groups in total. The van der Waals surface area contributed by atoms with Crippen molar-refractivity contribution in [2.75, 3.05) is 26.1 Å². The van der Waals surface area contributed by atoms with Gasteiger partial charge in [0.25, 0.3) is 0 Å². The standard InChI is InChI=1S/C19H25N3O2S/c1-6-14(11-23-4)17-8-7-16(24-5)9-18(17)20-10-15-12-25-19(22-15)21-13(2)3/h6-10,12-13H,11H2,1-5H3,(H,21,22)/b14-6-,20-10?. The van der Waals surface area contributed by atoms with E-state index >= 15 is 0 Å². The minimum Gasteiger partial charge on any atom is -0.497 e. The molecule has 1 heterocycles. The van der Waals surface area contributed by atoms with Crippen molar-refractivity contribution in [1.29, 1.82) is 0 Å². The van der Waals surface area contributed by atoms with E-state index in [1.54, 1.807) is 31.8 Å². The molecular weight excluding hydrogens is 334 g/mol. The van der Waals surface area contributed by atoms with Gasteiger partial charge >= 0.3 is 0 Å². The van der Waals surface area contributed by atoms with E-state index in [2.05, 4.69) is 29.1 Å². The van der Waals surface area contributed by atoms with E-state index in [4.69, 9.17) is 9.47 Å². The van der Waals surface area contributed by atoms with Gasteiger partial charge in [-0.25, -0.2) is 4.98 Å². The molecule has 0 bridgehead atoms. The summed E-state index contributed by atoms with van der Waals surface area (Å²) in [5.74, 6) is 0.768. The Morgan fingerprint density at radius 1 is 1.36 bits per heavy atom. The number of hydrogen-bond donors (Lipinski definition) is 1. The fourth-order valence-corrected chi connectivity index (χ4v) is 3.09. The Balaban J connectivity index is 2.31. The molecule has 2 rings (SSSR count). The first-order chi connectivity index (χ1) is 12.1. The number of rotatable bonds is 8. The van der Waals surface area contributed by atoms with Gasteiger partial charge in [-0.05, 0) is 38.5 Å². The second-order valence-electron chi connectivity index (χ2n) is 5.76. The number of hydrogen-bond acceptors (Lipinski definition) is 6. The van der Waals surface area contributed by atoms with Gasteiger partial charge in [-0.1, -0.05) is 6.08 Å². The van der Waals surface area contributed by atoms with Crippen LogP contribution in [0.1, 0.15) is 32.0 Å². The van der Waals surface area contributed by atoms with Crippen LogP contribution in [-0.4, -0.2) is 38.1 Å². The maximum absolute atomic E-state index is 5.33. The van der Waals surface area contributed by atoms with Crippen molar-refractivity contribution in [3.8, 4) is 5.75 Å². The van der Waals surface area contributed by atoms with Gasteiger partial charge in [-0.15, -0.1) is 11.3 Å². The number of allylic oxidation sites excluding steroid dienone is 1. The van der Waals surface area contributed by atoms with Gasteiger partial charge in [-0.2, -0.15) is 0 Å². The first kappa shape index (κ1) is 19.1. The van der Waals surface area contributed by atoms with E-state index < -0.39 is 0 Å². The summed E-state index contributed by atoms with van der Waals surface area (Å²) in [5.41, 5.74) is 3.77. The second kappa shape index (κ2) is 9.34. The smallest absolute Gasteiger partial charge is 0.183 e. The molecule has 25 heavy (non-hydrogen) atoms. The van der Waals surface area contributed by atoms with Crippen LogP contribution < -0.4 is 10.1 Å². The van der Waals surface area contributed by atoms with Crippen LogP contribution in [0.15, 0.2) is 34.6 Å². The maximum atomic E-state index is 5.33. The predicted octanol–water partition coefficient (Wildman–Crippen LogP) is 4.77. The Hall–Kier alpha value is -2.18. The highest BCUT2D eigenvalue weighted by Gasteiger charge is 2.09. The normalized spacial score (nSPS) is 12.2. The SMILES string of the molecule is C/C=C(/COC)c1ccc(OC)cc1N=Cc1csc(NC(C)C)n1. The monoisotopic (exact) mass is 359 g/mol. The van der Waals surface area contributed by atoms with E-state index in [9.17, 15) is 0 Å². The van der Waals surface area contributed by atoms with Crippen LogP contribution in [0, 0.1) is 0 Å². The van der Waals surface area contributed by atoms with Crippen molar-refractivity contribution in [2.45, 2.75) is 26.8 Å². The van der Waals surface area contributed by atoms with Gasteiger partial charge in [0.1, 0.15) is 5.75 Å². The van der Waals surface area contributed by atoms with Gasteiger partial charge in [-0.3, -0.25) is 4.99 Å². The zero-order valence-corrected chi connectivity index (χ0v) is 16.2. The van der Waals surface area contributed by atoms with E-state index in [1.165, 1.54) is 0 Å². The average Bonchev–Trinajstić information content (AvgIpc) is 3.04. The van der Waals surface area contributed by atoms with Crippen molar-refractivity contribution in [2.24, 2.45) is 4.99 Å². The quantitative estimate of drug-likeness (QED) is 0.690. The van der Waals surface area contributed by atoms with Crippen LogP contribution in [0.5, 0.6) is 5.75 Å². The molecule has 0 atom stereocenters. The van der Waals surface area contributed by atoms with Crippen molar-refractivity contribution < 1.29 is 9.47 Å². The predicted molar refractivity (Wildman–Crippen MR) is 107 cm³/mol. The molecule has 0 unspecified atom stereocenters. The van der Waals surface area contributed by atoms with Crippen molar-refractivity contribution in [3.05, 3.63) is 40.9 Å². The molecule has 2 aromatic rings. The summed E-state index contributed by atoms with van der Waals surface area (Å²) in [5, 5.41) is 6.18. The third-order valence-corrected chi connectivity index (χ3v) is 4.26. The Bertz CT molecular complexity index is 751. The summed E-state index contributed by atoms with van der Waals surface area (Å²) in [6.45, 7) is 6.71. The summed E-state index contributed by atoms with van der Waals surface area (Å²) in [7, 11) is 3.34. The topological polar surface area (TPSA) is 55.7 Å². The molecule has 5 nitrogen and oxygen atoms in total. The molecule has 0 aliphatic rings. The molecule has 1 aromatic heterocycles.